The molecule has 1 atom stereocenters. The molecule has 0 aliphatic heterocycles. The highest BCUT2D eigenvalue weighted by atomic mass is 16.6. The van der Waals surface area contributed by atoms with Gasteiger partial charge in [0.05, 0.1) is 6.61 Å². The van der Waals surface area contributed by atoms with Gasteiger partial charge in [-0.05, 0) is 19.4 Å². The number of esters is 1. The Kier molecular flexibility index (Phi) is 5.57. The lowest BCUT2D eigenvalue weighted by Gasteiger charge is -2.15. The highest BCUT2D eigenvalue weighted by Gasteiger charge is 2.20. The van der Waals surface area contributed by atoms with Crippen LogP contribution in [-0.2, 0) is 20.7 Å². The van der Waals surface area contributed by atoms with Crippen molar-refractivity contribution in [2.45, 2.75) is 26.4 Å². The van der Waals surface area contributed by atoms with Crippen molar-refractivity contribution < 1.29 is 14.3 Å². The summed E-state index contributed by atoms with van der Waals surface area (Å²) in [6.45, 7) is 4.56. The Morgan fingerprint density at radius 3 is 2.44 bits per heavy atom. The average Bonchev–Trinajstić information content (AvgIpc) is 2.30. The van der Waals surface area contributed by atoms with Crippen LogP contribution in [0.2, 0.25) is 0 Å². The Labute approximate surface area is 96.4 Å². The van der Waals surface area contributed by atoms with E-state index in [1.807, 2.05) is 37.3 Å². The summed E-state index contributed by atoms with van der Waals surface area (Å²) in [4.78, 5) is 11.6. The molecule has 3 nitrogen and oxygen atoms in total. The van der Waals surface area contributed by atoms with Crippen molar-refractivity contribution in [3.05, 3.63) is 35.9 Å². The summed E-state index contributed by atoms with van der Waals surface area (Å²) in [7, 11) is 0. The van der Waals surface area contributed by atoms with Gasteiger partial charge in [-0.15, -0.1) is 0 Å². The molecule has 0 spiro atoms. The summed E-state index contributed by atoms with van der Waals surface area (Å²) in [6, 6.07) is 9.80. The molecule has 1 rings (SSSR count). The van der Waals surface area contributed by atoms with Crippen LogP contribution in [0.5, 0.6) is 0 Å². The number of hydrogen-bond acceptors (Lipinski definition) is 3. The first-order valence-corrected chi connectivity index (χ1v) is 5.60. The van der Waals surface area contributed by atoms with E-state index in [9.17, 15) is 4.79 Å². The first-order chi connectivity index (χ1) is 7.77. The Bertz CT molecular complexity index is 308. The van der Waals surface area contributed by atoms with Crippen LogP contribution in [-0.4, -0.2) is 25.3 Å². The van der Waals surface area contributed by atoms with Crippen LogP contribution in [0.4, 0.5) is 0 Å². The lowest BCUT2D eigenvalue weighted by molar-refractivity contribution is -0.156. The molecule has 0 amide bonds. The van der Waals surface area contributed by atoms with Gasteiger partial charge in [-0.1, -0.05) is 30.3 Å². The molecular formula is C13H18O3. The first-order valence-electron chi connectivity index (χ1n) is 5.60. The summed E-state index contributed by atoms with van der Waals surface area (Å²) >= 11 is 0. The number of carbonyl (C=O) groups excluding carboxylic acids is 1. The van der Waals surface area contributed by atoms with E-state index in [1.54, 1.807) is 6.92 Å². The molecule has 0 heterocycles. The average molecular weight is 222 g/mol. The van der Waals surface area contributed by atoms with Gasteiger partial charge in [0.25, 0.3) is 0 Å². The van der Waals surface area contributed by atoms with Crippen molar-refractivity contribution in [3.63, 3.8) is 0 Å². The van der Waals surface area contributed by atoms with Crippen molar-refractivity contribution in [1.82, 2.24) is 0 Å². The fraction of sp³-hybridized carbons (Fsp3) is 0.462. The summed E-state index contributed by atoms with van der Waals surface area (Å²) in [5, 5.41) is 0. The molecule has 1 aromatic carbocycles. The molecule has 0 bridgehead atoms. The molecule has 0 saturated heterocycles. The highest BCUT2D eigenvalue weighted by molar-refractivity contribution is 5.75. The third-order valence-corrected chi connectivity index (χ3v) is 2.18. The lowest BCUT2D eigenvalue weighted by Crippen LogP contribution is -2.28. The quantitative estimate of drug-likeness (QED) is 0.692. The second-order valence-corrected chi connectivity index (χ2v) is 3.39. The van der Waals surface area contributed by atoms with Gasteiger partial charge in [0.2, 0.25) is 0 Å². The molecule has 0 aliphatic carbocycles. The predicted molar refractivity (Wildman–Crippen MR) is 62.2 cm³/mol. The fourth-order valence-corrected chi connectivity index (χ4v) is 1.47. The van der Waals surface area contributed by atoms with Crippen LogP contribution in [0.1, 0.15) is 19.4 Å². The number of rotatable bonds is 6. The standard InChI is InChI=1S/C13H18O3/c1-3-15-12(13(14)16-4-2)10-11-8-6-5-7-9-11/h5-9,12H,3-4,10H2,1-2H3. The van der Waals surface area contributed by atoms with Gasteiger partial charge in [0, 0.05) is 13.0 Å². The SMILES string of the molecule is CCOC(=O)C(Cc1ccccc1)OCC. The van der Waals surface area contributed by atoms with Crippen molar-refractivity contribution in [2.24, 2.45) is 0 Å². The van der Waals surface area contributed by atoms with Gasteiger partial charge in [0.1, 0.15) is 0 Å². The van der Waals surface area contributed by atoms with Crippen LogP contribution in [0.15, 0.2) is 30.3 Å². The predicted octanol–water partition coefficient (Wildman–Crippen LogP) is 2.20. The minimum absolute atomic E-state index is 0.284. The molecule has 0 saturated carbocycles. The van der Waals surface area contributed by atoms with Crippen molar-refractivity contribution in [2.75, 3.05) is 13.2 Å². The number of carbonyl (C=O) groups is 1. The maximum atomic E-state index is 11.6. The maximum Gasteiger partial charge on any atom is 0.335 e. The van der Waals surface area contributed by atoms with Gasteiger partial charge >= 0.3 is 5.97 Å². The first kappa shape index (κ1) is 12.7. The normalized spacial score (nSPS) is 12.1. The largest absolute Gasteiger partial charge is 0.464 e. The van der Waals surface area contributed by atoms with Gasteiger partial charge in [-0.3, -0.25) is 0 Å². The van der Waals surface area contributed by atoms with E-state index < -0.39 is 6.10 Å². The van der Waals surface area contributed by atoms with E-state index in [0.29, 0.717) is 19.6 Å². The molecule has 1 aromatic rings. The molecule has 0 aliphatic rings. The lowest BCUT2D eigenvalue weighted by atomic mass is 10.1. The highest BCUT2D eigenvalue weighted by Crippen LogP contribution is 2.07. The Morgan fingerprint density at radius 2 is 1.88 bits per heavy atom. The molecule has 0 aromatic heterocycles. The smallest absolute Gasteiger partial charge is 0.335 e. The zero-order valence-electron chi connectivity index (χ0n) is 9.81. The van der Waals surface area contributed by atoms with Gasteiger partial charge < -0.3 is 9.47 Å². The Morgan fingerprint density at radius 1 is 1.19 bits per heavy atom. The van der Waals surface area contributed by atoms with Crippen molar-refractivity contribution in [1.29, 1.82) is 0 Å². The number of hydrogen-bond donors (Lipinski definition) is 0. The second-order valence-electron chi connectivity index (χ2n) is 3.39. The molecule has 0 N–H and O–H groups in total. The van der Waals surface area contributed by atoms with Crippen molar-refractivity contribution >= 4 is 5.97 Å². The van der Waals surface area contributed by atoms with Crippen LogP contribution in [0.3, 0.4) is 0 Å². The summed E-state index contributed by atoms with van der Waals surface area (Å²) < 4.78 is 10.4. The number of ether oxygens (including phenoxy) is 2. The second kappa shape index (κ2) is 7.01. The Hall–Kier alpha value is -1.35. The van der Waals surface area contributed by atoms with Crippen LogP contribution in [0.25, 0.3) is 0 Å². The van der Waals surface area contributed by atoms with Gasteiger partial charge in [-0.2, -0.15) is 0 Å². The molecule has 0 radical (unpaired) electrons. The fourth-order valence-electron chi connectivity index (χ4n) is 1.47. The van der Waals surface area contributed by atoms with Crippen LogP contribution >= 0.6 is 0 Å². The Balaban J connectivity index is 2.60. The van der Waals surface area contributed by atoms with Crippen molar-refractivity contribution in [3.8, 4) is 0 Å². The molecule has 16 heavy (non-hydrogen) atoms. The van der Waals surface area contributed by atoms with E-state index in [4.69, 9.17) is 9.47 Å². The van der Waals surface area contributed by atoms with Crippen LogP contribution in [0, 0.1) is 0 Å². The third kappa shape index (κ3) is 4.03. The minimum atomic E-state index is -0.493. The third-order valence-electron chi connectivity index (χ3n) is 2.18. The van der Waals surface area contributed by atoms with E-state index in [1.165, 1.54) is 0 Å². The minimum Gasteiger partial charge on any atom is -0.464 e. The molecule has 1 unspecified atom stereocenters. The number of benzene rings is 1. The summed E-state index contributed by atoms with van der Waals surface area (Å²) in [6.07, 6.45) is 0.0698. The topological polar surface area (TPSA) is 35.5 Å². The summed E-state index contributed by atoms with van der Waals surface area (Å²) in [5.41, 5.74) is 1.08. The van der Waals surface area contributed by atoms with Gasteiger partial charge in [0.15, 0.2) is 6.10 Å². The summed E-state index contributed by atoms with van der Waals surface area (Å²) in [5.74, 6) is -0.284. The van der Waals surface area contributed by atoms with Crippen LogP contribution < -0.4 is 0 Å². The van der Waals surface area contributed by atoms with E-state index >= 15 is 0 Å². The maximum absolute atomic E-state index is 11.6. The van der Waals surface area contributed by atoms with E-state index in [2.05, 4.69) is 0 Å². The molecule has 0 fully saturated rings. The zero-order valence-corrected chi connectivity index (χ0v) is 9.81. The van der Waals surface area contributed by atoms with Gasteiger partial charge in [-0.25, -0.2) is 4.79 Å². The molecular weight excluding hydrogens is 204 g/mol. The molecule has 3 heteroatoms. The zero-order chi connectivity index (χ0) is 11.8. The van der Waals surface area contributed by atoms with E-state index in [-0.39, 0.29) is 5.97 Å². The van der Waals surface area contributed by atoms with E-state index in [0.717, 1.165) is 5.56 Å². The molecule has 88 valence electrons. The monoisotopic (exact) mass is 222 g/mol.